The van der Waals surface area contributed by atoms with Gasteiger partial charge in [0, 0.05) is 11.8 Å². The molecular weight excluding hydrogens is 304 g/mol. The third-order valence-corrected chi connectivity index (χ3v) is 3.60. The average molecular weight is 326 g/mol. The molecule has 0 bridgehead atoms. The molecule has 0 saturated heterocycles. The van der Waals surface area contributed by atoms with Gasteiger partial charge in [0.25, 0.3) is 0 Å². The standard InChI is InChI=1S/C19H22N2OS/c1-4-12-22-18-7-5-6-17(13-18)21-19(23)20-15(3)16-10-8-14(2)9-11-16/h4-11,13,15H,1,12H2,2-3H3,(H2,20,21,23)/t15-/m1/s1. The van der Waals surface area contributed by atoms with E-state index in [2.05, 4.69) is 55.3 Å². The highest BCUT2D eigenvalue weighted by Gasteiger charge is 2.07. The van der Waals surface area contributed by atoms with E-state index in [1.54, 1.807) is 6.08 Å². The van der Waals surface area contributed by atoms with Gasteiger partial charge in [0.2, 0.25) is 0 Å². The molecule has 0 radical (unpaired) electrons. The molecule has 0 amide bonds. The van der Waals surface area contributed by atoms with E-state index in [1.807, 2.05) is 24.3 Å². The van der Waals surface area contributed by atoms with Crippen molar-refractivity contribution in [3.05, 3.63) is 72.3 Å². The van der Waals surface area contributed by atoms with Gasteiger partial charge in [-0.25, -0.2) is 0 Å². The molecule has 1 atom stereocenters. The van der Waals surface area contributed by atoms with Crippen molar-refractivity contribution in [1.29, 1.82) is 0 Å². The van der Waals surface area contributed by atoms with E-state index < -0.39 is 0 Å². The van der Waals surface area contributed by atoms with Crippen molar-refractivity contribution in [2.24, 2.45) is 0 Å². The summed E-state index contributed by atoms with van der Waals surface area (Å²) in [7, 11) is 0. The highest BCUT2D eigenvalue weighted by atomic mass is 32.1. The number of benzene rings is 2. The van der Waals surface area contributed by atoms with Crippen molar-refractivity contribution >= 4 is 23.0 Å². The zero-order valence-electron chi connectivity index (χ0n) is 13.5. The maximum absolute atomic E-state index is 5.52. The molecule has 0 aliphatic carbocycles. The Hall–Kier alpha value is -2.33. The van der Waals surface area contributed by atoms with Gasteiger partial charge in [-0.3, -0.25) is 0 Å². The van der Waals surface area contributed by atoms with Gasteiger partial charge in [-0.2, -0.15) is 0 Å². The van der Waals surface area contributed by atoms with Crippen molar-refractivity contribution in [2.75, 3.05) is 11.9 Å². The van der Waals surface area contributed by atoms with Crippen LogP contribution < -0.4 is 15.4 Å². The van der Waals surface area contributed by atoms with Crippen molar-refractivity contribution in [1.82, 2.24) is 5.32 Å². The highest BCUT2D eigenvalue weighted by Crippen LogP contribution is 2.18. The van der Waals surface area contributed by atoms with E-state index in [1.165, 1.54) is 11.1 Å². The minimum absolute atomic E-state index is 0.135. The quantitative estimate of drug-likeness (QED) is 0.600. The summed E-state index contributed by atoms with van der Waals surface area (Å²) < 4.78 is 5.52. The van der Waals surface area contributed by atoms with Crippen molar-refractivity contribution in [3.63, 3.8) is 0 Å². The van der Waals surface area contributed by atoms with Crippen LogP contribution in [0.4, 0.5) is 5.69 Å². The van der Waals surface area contributed by atoms with E-state index >= 15 is 0 Å². The Morgan fingerprint density at radius 2 is 2.00 bits per heavy atom. The molecule has 2 aromatic carbocycles. The predicted molar refractivity (Wildman–Crippen MR) is 101 cm³/mol. The lowest BCUT2D eigenvalue weighted by molar-refractivity contribution is 0.363. The summed E-state index contributed by atoms with van der Waals surface area (Å²) in [6.07, 6.45) is 1.72. The van der Waals surface area contributed by atoms with Crippen LogP contribution in [0.1, 0.15) is 24.1 Å². The van der Waals surface area contributed by atoms with Gasteiger partial charge >= 0.3 is 0 Å². The Kier molecular flexibility index (Phi) is 6.18. The first-order valence-electron chi connectivity index (χ1n) is 7.56. The number of rotatable bonds is 6. The number of hydrogen-bond acceptors (Lipinski definition) is 2. The molecule has 2 N–H and O–H groups in total. The molecule has 0 aliphatic rings. The maximum Gasteiger partial charge on any atom is 0.171 e. The second-order valence-electron chi connectivity index (χ2n) is 5.36. The third-order valence-electron chi connectivity index (χ3n) is 3.38. The van der Waals surface area contributed by atoms with E-state index in [-0.39, 0.29) is 6.04 Å². The minimum atomic E-state index is 0.135. The lowest BCUT2D eigenvalue weighted by Gasteiger charge is -2.18. The van der Waals surface area contributed by atoms with E-state index in [9.17, 15) is 0 Å². The van der Waals surface area contributed by atoms with Gasteiger partial charge in [-0.15, -0.1) is 0 Å². The fraction of sp³-hybridized carbons (Fsp3) is 0.211. The number of aryl methyl sites for hydroxylation is 1. The van der Waals surface area contributed by atoms with Gasteiger partial charge in [0.05, 0.1) is 6.04 Å². The summed E-state index contributed by atoms with van der Waals surface area (Å²) in [6, 6.07) is 16.2. The summed E-state index contributed by atoms with van der Waals surface area (Å²) in [5, 5.41) is 7.06. The molecule has 2 aromatic rings. The summed E-state index contributed by atoms with van der Waals surface area (Å²) in [5.74, 6) is 0.782. The Bertz CT molecular complexity index is 667. The van der Waals surface area contributed by atoms with Gasteiger partial charge in [0.15, 0.2) is 5.11 Å². The maximum atomic E-state index is 5.52. The van der Waals surface area contributed by atoms with Crippen LogP contribution in [0.2, 0.25) is 0 Å². The summed E-state index contributed by atoms with van der Waals surface area (Å²) in [6.45, 7) is 8.29. The van der Waals surface area contributed by atoms with Crippen LogP contribution in [0.3, 0.4) is 0 Å². The SMILES string of the molecule is C=CCOc1cccc(NC(=S)N[C@H](C)c2ccc(C)cc2)c1. The van der Waals surface area contributed by atoms with Crippen molar-refractivity contribution < 1.29 is 4.74 Å². The lowest BCUT2D eigenvalue weighted by Crippen LogP contribution is -2.30. The first kappa shape index (κ1) is 17.0. The van der Waals surface area contributed by atoms with Crippen LogP contribution >= 0.6 is 12.2 Å². The molecule has 2 rings (SSSR count). The first-order valence-corrected chi connectivity index (χ1v) is 7.97. The van der Waals surface area contributed by atoms with Crippen LogP contribution in [0, 0.1) is 6.92 Å². The fourth-order valence-electron chi connectivity index (χ4n) is 2.12. The van der Waals surface area contributed by atoms with Gasteiger partial charge < -0.3 is 15.4 Å². The van der Waals surface area contributed by atoms with Crippen LogP contribution in [-0.2, 0) is 0 Å². The molecule has 3 nitrogen and oxygen atoms in total. The Labute approximate surface area is 143 Å². The summed E-state index contributed by atoms with van der Waals surface area (Å²) >= 11 is 5.39. The number of nitrogens with one attached hydrogen (secondary N) is 2. The molecule has 4 heteroatoms. The van der Waals surface area contributed by atoms with Crippen LogP contribution in [0.5, 0.6) is 5.75 Å². The average Bonchev–Trinajstić information content (AvgIpc) is 2.53. The number of thiocarbonyl (C=S) groups is 1. The Morgan fingerprint density at radius 1 is 1.26 bits per heavy atom. The zero-order valence-corrected chi connectivity index (χ0v) is 14.3. The molecule has 120 valence electrons. The number of anilines is 1. The van der Waals surface area contributed by atoms with Gasteiger partial charge in [-0.05, 0) is 43.8 Å². The van der Waals surface area contributed by atoms with Crippen LogP contribution in [0.25, 0.3) is 0 Å². The van der Waals surface area contributed by atoms with Gasteiger partial charge in [0.1, 0.15) is 12.4 Å². The third kappa shape index (κ3) is 5.42. The van der Waals surface area contributed by atoms with Crippen LogP contribution in [-0.4, -0.2) is 11.7 Å². The predicted octanol–water partition coefficient (Wildman–Crippen LogP) is 4.61. The van der Waals surface area contributed by atoms with E-state index in [0.717, 1.165) is 11.4 Å². The van der Waals surface area contributed by atoms with E-state index in [0.29, 0.717) is 11.7 Å². The monoisotopic (exact) mass is 326 g/mol. The largest absolute Gasteiger partial charge is 0.489 e. The molecule has 0 aromatic heterocycles. The summed E-state index contributed by atoms with van der Waals surface area (Å²) in [5.41, 5.74) is 3.33. The van der Waals surface area contributed by atoms with Gasteiger partial charge in [-0.1, -0.05) is 48.6 Å². The molecule has 0 heterocycles. The second-order valence-corrected chi connectivity index (χ2v) is 5.77. The zero-order chi connectivity index (χ0) is 16.7. The summed E-state index contributed by atoms with van der Waals surface area (Å²) in [4.78, 5) is 0. The highest BCUT2D eigenvalue weighted by molar-refractivity contribution is 7.80. The minimum Gasteiger partial charge on any atom is -0.489 e. The Morgan fingerprint density at radius 3 is 2.70 bits per heavy atom. The normalized spacial score (nSPS) is 11.4. The molecule has 0 unspecified atom stereocenters. The smallest absolute Gasteiger partial charge is 0.171 e. The first-order chi connectivity index (χ1) is 11.1. The number of ether oxygens (including phenoxy) is 1. The molecular formula is C19H22N2OS. The molecule has 0 spiro atoms. The number of hydrogen-bond donors (Lipinski definition) is 2. The van der Waals surface area contributed by atoms with Crippen molar-refractivity contribution in [2.45, 2.75) is 19.9 Å². The van der Waals surface area contributed by atoms with Crippen molar-refractivity contribution in [3.8, 4) is 5.75 Å². The molecule has 23 heavy (non-hydrogen) atoms. The Balaban J connectivity index is 1.93. The molecule has 0 aliphatic heterocycles. The fourth-order valence-corrected chi connectivity index (χ4v) is 2.42. The van der Waals surface area contributed by atoms with E-state index in [4.69, 9.17) is 17.0 Å². The second kappa shape index (κ2) is 8.34. The lowest BCUT2D eigenvalue weighted by atomic mass is 10.1. The molecule has 0 saturated carbocycles. The van der Waals surface area contributed by atoms with Crippen LogP contribution in [0.15, 0.2) is 61.2 Å². The topological polar surface area (TPSA) is 33.3 Å². The molecule has 0 fully saturated rings.